The molecule has 0 aliphatic carbocycles. The number of hydrogen-bond donors (Lipinski definition) is 1. The average Bonchev–Trinajstić information content (AvgIpc) is 2.78. The second-order valence-corrected chi connectivity index (χ2v) is 6.82. The van der Waals surface area contributed by atoms with Gasteiger partial charge in [-0.2, -0.15) is 0 Å². The van der Waals surface area contributed by atoms with E-state index in [1.165, 1.54) is 22.5 Å². The Bertz CT molecular complexity index is 657. The second kappa shape index (κ2) is 5.85. The highest BCUT2D eigenvalue weighted by atomic mass is 32.1. The number of aryl methyl sites for hydroxylation is 2. The summed E-state index contributed by atoms with van der Waals surface area (Å²) in [5.41, 5.74) is 3.86. The molecular weight excluding hydrogens is 284 g/mol. The zero-order valence-electron chi connectivity index (χ0n) is 13.0. The van der Waals surface area contributed by atoms with Gasteiger partial charge in [0.25, 0.3) is 0 Å². The summed E-state index contributed by atoms with van der Waals surface area (Å²) in [7, 11) is 0. The predicted molar refractivity (Wildman–Crippen MR) is 86.9 cm³/mol. The van der Waals surface area contributed by atoms with E-state index in [1.807, 2.05) is 32.2 Å². The van der Waals surface area contributed by atoms with Gasteiger partial charge in [-0.25, -0.2) is 9.78 Å². The van der Waals surface area contributed by atoms with E-state index in [2.05, 4.69) is 36.3 Å². The molecule has 0 atom stereocenters. The van der Waals surface area contributed by atoms with Crippen LogP contribution in [0.1, 0.15) is 31.9 Å². The number of carbonyl (C=O) groups excluding carboxylic acids is 1. The number of anilines is 1. The fraction of sp³-hybridized carbons (Fsp3) is 0.375. The summed E-state index contributed by atoms with van der Waals surface area (Å²) in [4.78, 5) is 16.1. The van der Waals surface area contributed by atoms with Gasteiger partial charge in [0.15, 0.2) is 5.13 Å². The molecule has 1 aromatic heterocycles. The first-order valence-electron chi connectivity index (χ1n) is 6.78. The highest BCUT2D eigenvalue weighted by Crippen LogP contribution is 2.26. The SMILES string of the molecule is Cc1ccc(-c2csc(NC(=O)OC(C)(C)C)n2)cc1C. The molecule has 2 aromatic rings. The summed E-state index contributed by atoms with van der Waals surface area (Å²) in [6, 6.07) is 6.21. The number of aromatic nitrogens is 1. The monoisotopic (exact) mass is 304 g/mol. The molecule has 0 spiro atoms. The summed E-state index contributed by atoms with van der Waals surface area (Å²) in [5, 5.41) is 5.13. The number of benzene rings is 1. The molecule has 112 valence electrons. The van der Waals surface area contributed by atoms with Crippen LogP contribution >= 0.6 is 11.3 Å². The van der Waals surface area contributed by atoms with Crippen LogP contribution in [0.5, 0.6) is 0 Å². The smallest absolute Gasteiger partial charge is 0.413 e. The number of hydrogen-bond acceptors (Lipinski definition) is 4. The topological polar surface area (TPSA) is 51.2 Å². The van der Waals surface area contributed by atoms with Gasteiger partial charge in [-0.15, -0.1) is 11.3 Å². The van der Waals surface area contributed by atoms with E-state index in [1.54, 1.807) is 0 Å². The molecule has 4 nitrogen and oxygen atoms in total. The zero-order valence-corrected chi connectivity index (χ0v) is 13.8. The lowest BCUT2D eigenvalue weighted by Crippen LogP contribution is -2.27. The van der Waals surface area contributed by atoms with Gasteiger partial charge >= 0.3 is 6.09 Å². The Morgan fingerprint density at radius 1 is 1.24 bits per heavy atom. The van der Waals surface area contributed by atoms with Crippen LogP contribution in [0.2, 0.25) is 0 Å². The summed E-state index contributed by atoms with van der Waals surface area (Å²) in [6.45, 7) is 9.64. The number of rotatable bonds is 2. The van der Waals surface area contributed by atoms with Crippen molar-refractivity contribution in [3.05, 3.63) is 34.7 Å². The van der Waals surface area contributed by atoms with Crippen molar-refractivity contribution in [1.29, 1.82) is 0 Å². The fourth-order valence-corrected chi connectivity index (χ4v) is 2.46. The molecule has 0 radical (unpaired) electrons. The fourth-order valence-electron chi connectivity index (χ4n) is 1.76. The Morgan fingerprint density at radius 2 is 1.95 bits per heavy atom. The van der Waals surface area contributed by atoms with Gasteiger partial charge < -0.3 is 4.74 Å². The van der Waals surface area contributed by atoms with Crippen molar-refractivity contribution in [1.82, 2.24) is 4.98 Å². The molecule has 0 unspecified atom stereocenters. The summed E-state index contributed by atoms with van der Waals surface area (Å²) in [6.07, 6.45) is -0.483. The largest absolute Gasteiger partial charge is 0.444 e. The average molecular weight is 304 g/mol. The third kappa shape index (κ3) is 4.29. The van der Waals surface area contributed by atoms with Crippen LogP contribution in [-0.4, -0.2) is 16.7 Å². The maximum Gasteiger partial charge on any atom is 0.413 e. The van der Waals surface area contributed by atoms with Gasteiger partial charge in [0.1, 0.15) is 5.60 Å². The number of carbonyl (C=O) groups is 1. The van der Waals surface area contributed by atoms with Gasteiger partial charge in [0.05, 0.1) is 5.69 Å². The maximum absolute atomic E-state index is 11.7. The number of ether oxygens (including phenoxy) is 1. The molecule has 5 heteroatoms. The number of amides is 1. The molecule has 1 heterocycles. The molecule has 1 N–H and O–H groups in total. The summed E-state index contributed by atoms with van der Waals surface area (Å²) >= 11 is 1.39. The van der Waals surface area contributed by atoms with E-state index in [-0.39, 0.29) is 0 Å². The molecule has 0 saturated heterocycles. The maximum atomic E-state index is 11.7. The zero-order chi connectivity index (χ0) is 15.6. The first-order chi connectivity index (χ1) is 9.74. The second-order valence-electron chi connectivity index (χ2n) is 5.96. The minimum Gasteiger partial charge on any atom is -0.444 e. The number of thiazole rings is 1. The van der Waals surface area contributed by atoms with Gasteiger partial charge in [-0.1, -0.05) is 12.1 Å². The summed E-state index contributed by atoms with van der Waals surface area (Å²) in [5.74, 6) is 0. The van der Waals surface area contributed by atoms with Crippen molar-refractivity contribution >= 4 is 22.6 Å². The van der Waals surface area contributed by atoms with E-state index in [9.17, 15) is 4.79 Å². The third-order valence-corrected chi connectivity index (χ3v) is 3.67. The van der Waals surface area contributed by atoms with E-state index in [0.717, 1.165) is 11.3 Å². The quantitative estimate of drug-likeness (QED) is 0.869. The highest BCUT2D eigenvalue weighted by molar-refractivity contribution is 7.14. The molecule has 0 aliphatic rings. The number of nitrogens with zero attached hydrogens (tertiary/aromatic N) is 1. The normalized spacial score (nSPS) is 11.3. The molecule has 21 heavy (non-hydrogen) atoms. The van der Waals surface area contributed by atoms with Crippen LogP contribution in [-0.2, 0) is 4.74 Å². The van der Waals surface area contributed by atoms with Crippen LogP contribution < -0.4 is 5.32 Å². The van der Waals surface area contributed by atoms with Crippen molar-refractivity contribution in [2.24, 2.45) is 0 Å². The van der Waals surface area contributed by atoms with Crippen molar-refractivity contribution in [2.45, 2.75) is 40.2 Å². The van der Waals surface area contributed by atoms with Crippen LogP contribution in [0, 0.1) is 13.8 Å². The Hall–Kier alpha value is -1.88. The first-order valence-corrected chi connectivity index (χ1v) is 7.66. The lowest BCUT2D eigenvalue weighted by molar-refractivity contribution is 0.0636. The molecule has 0 aliphatic heterocycles. The first kappa shape index (κ1) is 15.5. The van der Waals surface area contributed by atoms with Gasteiger partial charge in [-0.3, -0.25) is 5.32 Å². The Balaban J connectivity index is 2.11. The Morgan fingerprint density at radius 3 is 2.57 bits per heavy atom. The molecule has 0 bridgehead atoms. The van der Waals surface area contributed by atoms with Gasteiger partial charge in [0.2, 0.25) is 0 Å². The lowest BCUT2D eigenvalue weighted by Gasteiger charge is -2.18. The standard InChI is InChI=1S/C16H20N2O2S/c1-10-6-7-12(8-11(10)2)13-9-21-14(17-13)18-15(19)20-16(3,4)5/h6-9H,1-5H3,(H,17,18,19). The van der Waals surface area contributed by atoms with E-state index in [0.29, 0.717) is 5.13 Å². The van der Waals surface area contributed by atoms with Crippen molar-refractivity contribution in [3.8, 4) is 11.3 Å². The summed E-state index contributed by atoms with van der Waals surface area (Å²) < 4.78 is 5.21. The predicted octanol–water partition coefficient (Wildman–Crippen LogP) is 4.77. The molecule has 1 amide bonds. The Kier molecular flexibility index (Phi) is 4.32. The van der Waals surface area contributed by atoms with E-state index in [4.69, 9.17) is 4.74 Å². The van der Waals surface area contributed by atoms with Gasteiger partial charge in [0, 0.05) is 10.9 Å². The van der Waals surface area contributed by atoms with E-state index >= 15 is 0 Å². The van der Waals surface area contributed by atoms with Crippen LogP contribution in [0.3, 0.4) is 0 Å². The highest BCUT2D eigenvalue weighted by Gasteiger charge is 2.17. The molecule has 2 rings (SSSR count). The Labute approximate surface area is 129 Å². The molecule has 0 fully saturated rings. The lowest BCUT2D eigenvalue weighted by atomic mass is 10.1. The molecular formula is C16H20N2O2S. The van der Waals surface area contributed by atoms with E-state index < -0.39 is 11.7 Å². The van der Waals surface area contributed by atoms with Crippen molar-refractivity contribution < 1.29 is 9.53 Å². The number of nitrogens with one attached hydrogen (secondary N) is 1. The van der Waals surface area contributed by atoms with Crippen molar-refractivity contribution in [3.63, 3.8) is 0 Å². The molecule has 1 aromatic carbocycles. The van der Waals surface area contributed by atoms with Crippen molar-refractivity contribution in [2.75, 3.05) is 5.32 Å². The third-order valence-electron chi connectivity index (χ3n) is 2.91. The minimum absolute atomic E-state index is 0.483. The minimum atomic E-state index is -0.516. The molecule has 0 saturated carbocycles. The van der Waals surface area contributed by atoms with Gasteiger partial charge in [-0.05, 0) is 51.8 Å². The van der Waals surface area contributed by atoms with Crippen LogP contribution in [0.25, 0.3) is 11.3 Å². The van der Waals surface area contributed by atoms with Crippen LogP contribution in [0.15, 0.2) is 23.6 Å². The van der Waals surface area contributed by atoms with Crippen LogP contribution in [0.4, 0.5) is 9.93 Å².